The number of nitriles is 1. The quantitative estimate of drug-likeness (QED) is 0.720. The summed E-state index contributed by atoms with van der Waals surface area (Å²) in [6, 6.07) is 2.41. The third-order valence-corrected chi connectivity index (χ3v) is 4.15. The maximum absolute atomic E-state index is 11.9. The van der Waals surface area contributed by atoms with E-state index in [0.29, 0.717) is 6.42 Å². The van der Waals surface area contributed by atoms with Crippen molar-refractivity contribution in [1.82, 2.24) is 4.90 Å². The molecule has 14 heavy (non-hydrogen) atoms. The van der Waals surface area contributed by atoms with Gasteiger partial charge in [-0.25, -0.2) is 0 Å². The second-order valence-corrected chi connectivity index (χ2v) is 4.88. The van der Waals surface area contributed by atoms with Crippen molar-refractivity contribution in [3.8, 4) is 6.07 Å². The number of alkyl halides is 1. The maximum atomic E-state index is 11.9. The lowest BCUT2D eigenvalue weighted by molar-refractivity contribution is 0.208. The smallest absolute Gasteiger partial charge is 0.104 e. The minimum atomic E-state index is -0.234. The molecule has 0 aromatic heterocycles. The van der Waals surface area contributed by atoms with Gasteiger partial charge in [0.25, 0.3) is 0 Å². The Labute approximate surface area is 89.5 Å². The number of likely N-dealkylation sites (tertiary alicyclic amines) is 1. The standard InChI is InChI=1S/C10H17FN2S/c1-14-10(9-12)3-7-13(8-4-10)6-2-5-11/h2-8H2,1H3. The Morgan fingerprint density at radius 3 is 2.57 bits per heavy atom. The molecule has 0 unspecified atom stereocenters. The zero-order chi connectivity index (χ0) is 10.4. The van der Waals surface area contributed by atoms with Gasteiger partial charge in [-0.05, 0) is 25.5 Å². The Morgan fingerprint density at radius 2 is 2.14 bits per heavy atom. The molecule has 80 valence electrons. The van der Waals surface area contributed by atoms with Crippen LogP contribution in [0.1, 0.15) is 19.3 Å². The fraction of sp³-hybridized carbons (Fsp3) is 0.900. The first-order chi connectivity index (χ1) is 6.76. The zero-order valence-electron chi connectivity index (χ0n) is 8.63. The molecule has 1 saturated heterocycles. The van der Waals surface area contributed by atoms with Gasteiger partial charge in [-0.3, -0.25) is 4.39 Å². The summed E-state index contributed by atoms with van der Waals surface area (Å²) < 4.78 is 11.8. The molecule has 0 radical (unpaired) electrons. The van der Waals surface area contributed by atoms with Gasteiger partial charge in [0.1, 0.15) is 4.75 Å². The van der Waals surface area contributed by atoms with Gasteiger partial charge >= 0.3 is 0 Å². The minimum absolute atomic E-state index is 0.174. The number of piperidine rings is 1. The van der Waals surface area contributed by atoms with Gasteiger partial charge in [-0.1, -0.05) is 0 Å². The van der Waals surface area contributed by atoms with Crippen LogP contribution in [-0.2, 0) is 0 Å². The Hall–Kier alpha value is -0.270. The fourth-order valence-electron chi connectivity index (χ4n) is 1.78. The van der Waals surface area contributed by atoms with Crippen LogP contribution >= 0.6 is 11.8 Å². The van der Waals surface area contributed by atoms with E-state index in [4.69, 9.17) is 5.26 Å². The lowest BCUT2D eigenvalue weighted by Gasteiger charge is -2.35. The predicted octanol–water partition coefficient (Wildman–Crippen LogP) is 2.07. The molecule has 0 N–H and O–H groups in total. The van der Waals surface area contributed by atoms with Crippen LogP contribution in [0.5, 0.6) is 0 Å². The number of nitrogens with zero attached hydrogens (tertiary/aromatic N) is 2. The topological polar surface area (TPSA) is 27.0 Å². The predicted molar refractivity (Wildman–Crippen MR) is 58.1 cm³/mol. The number of halogens is 1. The summed E-state index contributed by atoms with van der Waals surface area (Å²) in [4.78, 5) is 2.26. The molecule has 1 heterocycles. The van der Waals surface area contributed by atoms with Crippen molar-refractivity contribution in [2.24, 2.45) is 0 Å². The van der Waals surface area contributed by atoms with E-state index in [1.54, 1.807) is 11.8 Å². The number of thioether (sulfide) groups is 1. The molecule has 1 fully saturated rings. The Kier molecular flexibility index (Phi) is 4.70. The number of hydrogen-bond acceptors (Lipinski definition) is 3. The highest BCUT2D eigenvalue weighted by Crippen LogP contribution is 2.33. The van der Waals surface area contributed by atoms with Crippen molar-refractivity contribution in [1.29, 1.82) is 5.26 Å². The van der Waals surface area contributed by atoms with Gasteiger partial charge in [0.05, 0.1) is 12.7 Å². The summed E-state index contributed by atoms with van der Waals surface area (Å²) in [6.07, 6.45) is 4.45. The van der Waals surface area contributed by atoms with Crippen molar-refractivity contribution in [2.45, 2.75) is 24.0 Å². The summed E-state index contributed by atoms with van der Waals surface area (Å²) >= 11 is 1.66. The highest BCUT2D eigenvalue weighted by atomic mass is 32.2. The number of rotatable bonds is 4. The zero-order valence-corrected chi connectivity index (χ0v) is 9.45. The van der Waals surface area contributed by atoms with E-state index in [-0.39, 0.29) is 11.4 Å². The van der Waals surface area contributed by atoms with Gasteiger partial charge in [0, 0.05) is 19.6 Å². The molecule has 0 atom stereocenters. The average molecular weight is 216 g/mol. The molecule has 0 spiro atoms. The summed E-state index contributed by atoms with van der Waals surface area (Å²) in [5, 5.41) is 9.05. The van der Waals surface area contributed by atoms with Crippen LogP contribution in [0.4, 0.5) is 4.39 Å². The van der Waals surface area contributed by atoms with E-state index in [9.17, 15) is 4.39 Å². The van der Waals surface area contributed by atoms with Gasteiger partial charge in [0.15, 0.2) is 0 Å². The van der Waals surface area contributed by atoms with E-state index in [1.165, 1.54) is 0 Å². The van der Waals surface area contributed by atoms with Crippen LogP contribution in [0, 0.1) is 11.3 Å². The van der Waals surface area contributed by atoms with Crippen LogP contribution in [0.25, 0.3) is 0 Å². The molecule has 0 aliphatic carbocycles. The average Bonchev–Trinajstić information content (AvgIpc) is 2.27. The first kappa shape index (κ1) is 11.8. The number of hydrogen-bond donors (Lipinski definition) is 0. The molecule has 4 heteroatoms. The molecule has 2 nitrogen and oxygen atoms in total. The summed E-state index contributed by atoms with van der Waals surface area (Å²) in [5.74, 6) is 0. The highest BCUT2D eigenvalue weighted by Gasteiger charge is 2.33. The molecule has 1 aliphatic heterocycles. The van der Waals surface area contributed by atoms with Crippen molar-refractivity contribution >= 4 is 11.8 Å². The van der Waals surface area contributed by atoms with E-state index in [2.05, 4.69) is 11.0 Å². The van der Waals surface area contributed by atoms with Gasteiger partial charge < -0.3 is 4.90 Å². The van der Waals surface area contributed by atoms with E-state index < -0.39 is 0 Å². The largest absolute Gasteiger partial charge is 0.303 e. The molecule has 1 rings (SSSR count). The van der Waals surface area contributed by atoms with Crippen LogP contribution in [-0.4, -0.2) is 42.2 Å². The second kappa shape index (κ2) is 5.57. The molecule has 0 aromatic carbocycles. The fourth-order valence-corrected chi connectivity index (χ4v) is 2.46. The molecule has 0 bridgehead atoms. The van der Waals surface area contributed by atoms with Crippen molar-refractivity contribution in [2.75, 3.05) is 32.6 Å². The first-order valence-electron chi connectivity index (χ1n) is 5.01. The molecule has 1 aliphatic rings. The Balaban J connectivity index is 2.34. The minimum Gasteiger partial charge on any atom is -0.303 e. The van der Waals surface area contributed by atoms with Gasteiger partial charge in [-0.15, -0.1) is 11.8 Å². The normalized spacial score (nSPS) is 21.8. The Bertz CT molecular complexity index is 207. The van der Waals surface area contributed by atoms with Crippen LogP contribution in [0.2, 0.25) is 0 Å². The van der Waals surface area contributed by atoms with Crippen molar-refractivity contribution < 1.29 is 4.39 Å². The van der Waals surface area contributed by atoms with Crippen molar-refractivity contribution in [3.63, 3.8) is 0 Å². The molecule has 0 saturated carbocycles. The summed E-state index contributed by atoms with van der Waals surface area (Å²) in [6.45, 7) is 2.48. The lowest BCUT2D eigenvalue weighted by Crippen LogP contribution is -2.41. The van der Waals surface area contributed by atoms with E-state index in [1.807, 2.05) is 6.26 Å². The summed E-state index contributed by atoms with van der Waals surface area (Å²) in [7, 11) is 0. The third kappa shape index (κ3) is 2.86. The third-order valence-electron chi connectivity index (χ3n) is 2.87. The van der Waals surface area contributed by atoms with E-state index >= 15 is 0 Å². The summed E-state index contributed by atoms with van der Waals surface area (Å²) in [5.41, 5.74) is 0. The first-order valence-corrected chi connectivity index (χ1v) is 6.23. The molecule has 0 amide bonds. The van der Waals surface area contributed by atoms with Crippen molar-refractivity contribution in [3.05, 3.63) is 0 Å². The highest BCUT2D eigenvalue weighted by molar-refractivity contribution is 8.00. The second-order valence-electron chi connectivity index (χ2n) is 3.69. The lowest BCUT2D eigenvalue weighted by atomic mass is 9.97. The van der Waals surface area contributed by atoms with Gasteiger partial charge in [0.2, 0.25) is 0 Å². The van der Waals surface area contributed by atoms with Gasteiger partial charge in [-0.2, -0.15) is 5.26 Å². The molecule has 0 aromatic rings. The van der Waals surface area contributed by atoms with Crippen LogP contribution < -0.4 is 0 Å². The SMILES string of the molecule is CSC1(C#N)CCN(CCCF)CC1. The maximum Gasteiger partial charge on any atom is 0.104 e. The molecular weight excluding hydrogens is 199 g/mol. The Morgan fingerprint density at radius 1 is 1.50 bits per heavy atom. The molecular formula is C10H17FN2S. The van der Waals surface area contributed by atoms with Crippen LogP contribution in [0.3, 0.4) is 0 Å². The van der Waals surface area contributed by atoms with Crippen LogP contribution in [0.15, 0.2) is 0 Å². The van der Waals surface area contributed by atoms with E-state index in [0.717, 1.165) is 32.5 Å². The monoisotopic (exact) mass is 216 g/mol.